The molecule has 0 aliphatic carbocycles. The number of ether oxygens (including phenoxy) is 6. The molecule has 0 aromatic heterocycles. The van der Waals surface area contributed by atoms with Gasteiger partial charge in [-0.1, -0.05) is 0 Å². The average Bonchev–Trinajstić information content (AvgIpc) is 2.82. The molecule has 0 saturated carbocycles. The summed E-state index contributed by atoms with van der Waals surface area (Å²) in [6.07, 6.45) is -7.46. The van der Waals surface area contributed by atoms with E-state index >= 15 is 0 Å². The van der Waals surface area contributed by atoms with E-state index in [0.717, 1.165) is 0 Å². The average molecular weight is 614 g/mol. The standard InChI is InChI=1S/C19H27F13O7/c20-14(21,15(22,23)16(24,25)17(26,27)18(28,29)19(30,31)32)13-39-12-11-38-10-9-37-8-7-36-6-5-35-4-3-34-2-1-33/h33H,1-13H2. The number of alkyl halides is 13. The molecule has 0 aromatic rings. The van der Waals surface area contributed by atoms with E-state index in [1.165, 1.54) is 0 Å². The summed E-state index contributed by atoms with van der Waals surface area (Å²) in [6.45, 7) is -3.24. The molecule has 0 atom stereocenters. The lowest BCUT2D eigenvalue weighted by atomic mass is 9.94. The fourth-order valence-corrected chi connectivity index (χ4v) is 2.26. The first-order valence-electron chi connectivity index (χ1n) is 10.8. The van der Waals surface area contributed by atoms with Crippen molar-refractivity contribution in [2.75, 3.05) is 85.9 Å². The minimum Gasteiger partial charge on any atom is -0.394 e. The first kappa shape index (κ1) is 37.8. The van der Waals surface area contributed by atoms with Crippen LogP contribution in [-0.4, -0.2) is 127 Å². The second-order valence-corrected chi connectivity index (χ2v) is 7.34. The van der Waals surface area contributed by atoms with Crippen LogP contribution in [0.5, 0.6) is 0 Å². The van der Waals surface area contributed by atoms with Crippen molar-refractivity contribution in [2.24, 2.45) is 0 Å². The molecule has 20 heteroatoms. The Morgan fingerprint density at radius 2 is 0.641 bits per heavy atom. The highest BCUT2D eigenvalue weighted by molar-refractivity contribution is 5.10. The lowest BCUT2D eigenvalue weighted by molar-refractivity contribution is -0.441. The summed E-state index contributed by atoms with van der Waals surface area (Å²) in [7, 11) is 0. The predicted octanol–water partition coefficient (Wildman–Crippen LogP) is 3.82. The van der Waals surface area contributed by atoms with Gasteiger partial charge in [0, 0.05) is 0 Å². The van der Waals surface area contributed by atoms with Crippen LogP contribution in [0, 0.1) is 0 Å². The van der Waals surface area contributed by atoms with Crippen molar-refractivity contribution in [2.45, 2.75) is 35.8 Å². The molecule has 0 unspecified atom stereocenters. The number of hydrogen-bond donors (Lipinski definition) is 1. The molecule has 0 heterocycles. The largest absolute Gasteiger partial charge is 0.460 e. The normalized spacial score (nSPS) is 14.3. The molecule has 1 N–H and O–H groups in total. The maximum atomic E-state index is 13.5. The Hall–Kier alpha value is -1.19. The van der Waals surface area contributed by atoms with Crippen LogP contribution in [-0.2, 0) is 28.4 Å². The van der Waals surface area contributed by atoms with Crippen molar-refractivity contribution in [1.82, 2.24) is 0 Å². The molecule has 0 radical (unpaired) electrons. The van der Waals surface area contributed by atoms with Crippen molar-refractivity contribution < 1.29 is 90.6 Å². The first-order chi connectivity index (χ1) is 17.8. The number of aliphatic hydroxyl groups excluding tert-OH is 1. The Morgan fingerprint density at radius 3 is 0.949 bits per heavy atom. The van der Waals surface area contributed by atoms with Crippen LogP contribution in [0.4, 0.5) is 57.1 Å². The zero-order valence-electron chi connectivity index (χ0n) is 20.0. The fourth-order valence-electron chi connectivity index (χ4n) is 2.26. The highest BCUT2D eigenvalue weighted by Gasteiger charge is 2.90. The van der Waals surface area contributed by atoms with Crippen molar-refractivity contribution in [3.05, 3.63) is 0 Å². The molecule has 7 nitrogen and oxygen atoms in total. The third-order valence-electron chi connectivity index (χ3n) is 4.38. The van der Waals surface area contributed by atoms with Crippen LogP contribution in [0.3, 0.4) is 0 Å². The fraction of sp³-hybridized carbons (Fsp3) is 1.00. The van der Waals surface area contributed by atoms with Crippen molar-refractivity contribution >= 4 is 0 Å². The van der Waals surface area contributed by atoms with E-state index in [0.29, 0.717) is 13.2 Å². The smallest absolute Gasteiger partial charge is 0.394 e. The van der Waals surface area contributed by atoms with E-state index in [-0.39, 0.29) is 52.9 Å². The van der Waals surface area contributed by atoms with E-state index in [4.69, 9.17) is 28.8 Å². The van der Waals surface area contributed by atoms with E-state index < -0.39 is 55.6 Å². The molecule has 0 rings (SSSR count). The molecule has 0 fully saturated rings. The molecule has 0 amide bonds. The maximum absolute atomic E-state index is 13.5. The summed E-state index contributed by atoms with van der Waals surface area (Å²) in [5.41, 5.74) is 0. The van der Waals surface area contributed by atoms with Gasteiger partial charge < -0.3 is 33.5 Å². The maximum Gasteiger partial charge on any atom is 0.460 e. The first-order valence-corrected chi connectivity index (χ1v) is 10.8. The molecule has 0 aliphatic rings. The monoisotopic (exact) mass is 614 g/mol. The van der Waals surface area contributed by atoms with Crippen LogP contribution in [0.2, 0.25) is 0 Å². The van der Waals surface area contributed by atoms with Gasteiger partial charge in [-0.3, -0.25) is 0 Å². The lowest BCUT2D eigenvalue weighted by Gasteiger charge is -2.39. The Bertz CT molecular complexity index is 664. The molecule has 0 bridgehead atoms. The summed E-state index contributed by atoms with van der Waals surface area (Å²) in [6, 6.07) is 0. The van der Waals surface area contributed by atoms with Gasteiger partial charge in [-0.05, 0) is 0 Å². The van der Waals surface area contributed by atoms with Crippen LogP contribution in [0.15, 0.2) is 0 Å². The zero-order chi connectivity index (χ0) is 30.4. The SMILES string of the molecule is OCCOCCOCCOCCOCCOCCOCC(F)(F)C(F)(F)C(F)(F)C(F)(F)C(F)(F)C(F)(F)F. The Morgan fingerprint density at radius 1 is 0.359 bits per heavy atom. The predicted molar refractivity (Wildman–Crippen MR) is 103 cm³/mol. The Kier molecular flexibility index (Phi) is 15.8. The quantitative estimate of drug-likeness (QED) is 0.139. The minimum atomic E-state index is -7.94. The summed E-state index contributed by atoms with van der Waals surface area (Å²) < 4.78 is 197. The van der Waals surface area contributed by atoms with Gasteiger partial charge in [0.2, 0.25) is 0 Å². The number of rotatable bonds is 23. The van der Waals surface area contributed by atoms with Gasteiger partial charge in [-0.25, -0.2) is 0 Å². The van der Waals surface area contributed by atoms with Gasteiger partial charge in [0.1, 0.15) is 6.61 Å². The van der Waals surface area contributed by atoms with Gasteiger partial charge in [-0.2, -0.15) is 57.1 Å². The molecular formula is C19H27F13O7. The Balaban J connectivity index is 4.23. The summed E-state index contributed by atoms with van der Waals surface area (Å²) in [5.74, 6) is -37.2. The van der Waals surface area contributed by atoms with Gasteiger partial charge >= 0.3 is 35.8 Å². The van der Waals surface area contributed by atoms with Gasteiger partial charge in [0.15, 0.2) is 0 Å². The number of halogens is 13. The molecule has 0 aliphatic heterocycles. The van der Waals surface area contributed by atoms with Crippen LogP contribution >= 0.6 is 0 Å². The third kappa shape index (κ3) is 10.6. The van der Waals surface area contributed by atoms with E-state index in [9.17, 15) is 57.1 Å². The summed E-state index contributed by atoms with van der Waals surface area (Å²) >= 11 is 0. The second-order valence-electron chi connectivity index (χ2n) is 7.34. The van der Waals surface area contributed by atoms with E-state index in [1.54, 1.807) is 0 Å². The van der Waals surface area contributed by atoms with Gasteiger partial charge in [-0.15, -0.1) is 0 Å². The minimum absolute atomic E-state index is 0.0784. The summed E-state index contributed by atoms with van der Waals surface area (Å²) in [4.78, 5) is 0. The highest BCUT2D eigenvalue weighted by atomic mass is 19.4. The highest BCUT2D eigenvalue weighted by Crippen LogP contribution is 2.60. The molecule has 0 saturated heterocycles. The molecule has 39 heavy (non-hydrogen) atoms. The summed E-state index contributed by atoms with van der Waals surface area (Å²) in [5, 5.41) is 8.48. The van der Waals surface area contributed by atoms with Crippen LogP contribution < -0.4 is 0 Å². The molecule has 0 spiro atoms. The Labute approximate surface area is 213 Å². The third-order valence-corrected chi connectivity index (χ3v) is 4.38. The number of hydrogen-bond acceptors (Lipinski definition) is 7. The van der Waals surface area contributed by atoms with Crippen molar-refractivity contribution in [1.29, 1.82) is 0 Å². The van der Waals surface area contributed by atoms with E-state index in [2.05, 4.69) is 4.74 Å². The van der Waals surface area contributed by atoms with Crippen LogP contribution in [0.25, 0.3) is 0 Å². The number of aliphatic hydroxyl groups is 1. The zero-order valence-corrected chi connectivity index (χ0v) is 20.0. The second kappa shape index (κ2) is 16.3. The molecular weight excluding hydrogens is 587 g/mol. The topological polar surface area (TPSA) is 75.6 Å². The van der Waals surface area contributed by atoms with Gasteiger partial charge in [0.25, 0.3) is 0 Å². The van der Waals surface area contributed by atoms with Gasteiger partial charge in [0.05, 0.1) is 79.3 Å². The van der Waals surface area contributed by atoms with Crippen LogP contribution in [0.1, 0.15) is 0 Å². The molecule has 236 valence electrons. The molecule has 0 aromatic carbocycles. The van der Waals surface area contributed by atoms with E-state index in [1.807, 2.05) is 0 Å². The van der Waals surface area contributed by atoms with Crippen molar-refractivity contribution in [3.8, 4) is 0 Å². The lowest BCUT2D eigenvalue weighted by Crippen LogP contribution is -2.70. The van der Waals surface area contributed by atoms with Crippen molar-refractivity contribution in [3.63, 3.8) is 0 Å².